The third-order valence-electron chi connectivity index (χ3n) is 2.58. The van der Waals surface area contributed by atoms with Crippen LogP contribution in [0.2, 0.25) is 0 Å². The molecule has 6 heteroatoms. The molecule has 2 nitrogen and oxygen atoms in total. The molecule has 0 aliphatic heterocycles. The number of aromatic carboxylic acids is 1. The third kappa shape index (κ3) is 3.58. The molecule has 0 bridgehead atoms. The van der Waals surface area contributed by atoms with Crippen molar-refractivity contribution in [1.82, 2.24) is 0 Å². The van der Waals surface area contributed by atoms with Gasteiger partial charge in [-0.2, -0.15) is 0 Å². The van der Waals surface area contributed by atoms with Gasteiger partial charge in [0, 0.05) is 15.1 Å². The number of carboxylic acid groups (broad SMARTS) is 1. The Kier molecular flexibility index (Phi) is 4.77. The van der Waals surface area contributed by atoms with Crippen molar-refractivity contribution in [3.05, 3.63) is 63.6 Å². The van der Waals surface area contributed by atoms with Crippen LogP contribution in [0.25, 0.3) is 0 Å². The monoisotopic (exact) mass is 358 g/mol. The average molecular weight is 359 g/mol. The lowest BCUT2D eigenvalue weighted by molar-refractivity contribution is 0.0696. The van der Waals surface area contributed by atoms with Gasteiger partial charge in [-0.25, -0.2) is 13.6 Å². The van der Waals surface area contributed by atoms with Crippen molar-refractivity contribution in [2.24, 2.45) is 0 Å². The van der Waals surface area contributed by atoms with Crippen LogP contribution in [0.5, 0.6) is 0 Å². The molecule has 0 aliphatic carbocycles. The van der Waals surface area contributed by atoms with E-state index >= 15 is 0 Å². The van der Waals surface area contributed by atoms with Gasteiger partial charge in [0.15, 0.2) is 0 Å². The second-order valence-corrected chi connectivity index (χ2v) is 5.91. The molecular formula is C14H9BrF2O2S. The molecule has 2 rings (SSSR count). The number of halogens is 3. The minimum Gasteiger partial charge on any atom is -0.478 e. The predicted octanol–water partition coefficient (Wildman–Crippen LogP) is 4.72. The zero-order chi connectivity index (χ0) is 14.7. The Balaban J connectivity index is 2.18. The van der Waals surface area contributed by atoms with Crippen LogP contribution < -0.4 is 0 Å². The van der Waals surface area contributed by atoms with Crippen LogP contribution in [0.15, 0.2) is 45.8 Å². The topological polar surface area (TPSA) is 37.3 Å². The summed E-state index contributed by atoms with van der Waals surface area (Å²) in [5, 5.41) is 8.86. The Hall–Kier alpha value is -1.40. The van der Waals surface area contributed by atoms with Gasteiger partial charge in [0.25, 0.3) is 0 Å². The molecule has 0 unspecified atom stereocenters. The summed E-state index contributed by atoms with van der Waals surface area (Å²) in [5.41, 5.74) is 0.434. The van der Waals surface area contributed by atoms with Crippen molar-refractivity contribution in [3.8, 4) is 0 Å². The van der Waals surface area contributed by atoms with Crippen LogP contribution in [0.1, 0.15) is 15.9 Å². The first-order valence-corrected chi connectivity index (χ1v) is 7.35. The van der Waals surface area contributed by atoms with E-state index in [0.29, 0.717) is 10.0 Å². The quantitative estimate of drug-likeness (QED) is 0.803. The number of hydrogen-bond acceptors (Lipinski definition) is 2. The average Bonchev–Trinajstić information content (AvgIpc) is 2.39. The molecule has 0 aliphatic rings. The molecule has 0 saturated heterocycles. The molecule has 0 amide bonds. The highest BCUT2D eigenvalue weighted by Gasteiger charge is 2.10. The lowest BCUT2D eigenvalue weighted by Gasteiger charge is -2.06. The molecule has 0 radical (unpaired) electrons. The first-order valence-electron chi connectivity index (χ1n) is 5.57. The molecule has 2 aromatic carbocycles. The van der Waals surface area contributed by atoms with Crippen LogP contribution in [0.4, 0.5) is 8.78 Å². The molecule has 0 fully saturated rings. The minimum absolute atomic E-state index is 0.00479. The maximum Gasteiger partial charge on any atom is 0.335 e. The van der Waals surface area contributed by atoms with Crippen LogP contribution in [0.3, 0.4) is 0 Å². The van der Waals surface area contributed by atoms with E-state index in [1.54, 1.807) is 12.1 Å². The Morgan fingerprint density at radius 1 is 1.15 bits per heavy atom. The van der Waals surface area contributed by atoms with E-state index in [2.05, 4.69) is 15.9 Å². The maximum absolute atomic E-state index is 13.6. The highest BCUT2D eigenvalue weighted by molar-refractivity contribution is 9.10. The van der Waals surface area contributed by atoms with E-state index in [4.69, 9.17) is 5.11 Å². The standard InChI is InChI=1S/C14H9BrF2O2S/c15-10-3-1-9(12(17)6-10)7-20-13-5-8(14(18)19)2-4-11(13)16/h1-6H,7H2,(H,18,19). The molecule has 1 N–H and O–H groups in total. The molecule has 0 spiro atoms. The zero-order valence-electron chi connectivity index (χ0n) is 10.1. The van der Waals surface area contributed by atoms with E-state index in [1.165, 1.54) is 18.2 Å². The van der Waals surface area contributed by atoms with Crippen molar-refractivity contribution < 1.29 is 18.7 Å². The number of benzene rings is 2. The lowest BCUT2D eigenvalue weighted by atomic mass is 10.2. The van der Waals surface area contributed by atoms with Crippen LogP contribution in [0, 0.1) is 11.6 Å². The first-order chi connectivity index (χ1) is 9.47. The van der Waals surface area contributed by atoms with Gasteiger partial charge in [-0.3, -0.25) is 0 Å². The summed E-state index contributed by atoms with van der Waals surface area (Å²) in [6.45, 7) is 0. The minimum atomic E-state index is -1.12. The summed E-state index contributed by atoms with van der Waals surface area (Å²) in [4.78, 5) is 11.0. The van der Waals surface area contributed by atoms with Crippen molar-refractivity contribution in [2.75, 3.05) is 0 Å². The molecule has 0 atom stereocenters. The van der Waals surface area contributed by atoms with Crippen LogP contribution >= 0.6 is 27.7 Å². The van der Waals surface area contributed by atoms with E-state index in [1.807, 2.05) is 0 Å². The smallest absolute Gasteiger partial charge is 0.335 e. The maximum atomic E-state index is 13.6. The number of rotatable bonds is 4. The number of carbonyl (C=O) groups is 1. The number of carboxylic acids is 1. The Bertz CT molecular complexity index is 662. The van der Waals surface area contributed by atoms with Crippen LogP contribution in [-0.2, 0) is 5.75 Å². The van der Waals surface area contributed by atoms with Crippen molar-refractivity contribution in [1.29, 1.82) is 0 Å². The predicted molar refractivity (Wildman–Crippen MR) is 77.0 cm³/mol. The fourth-order valence-corrected chi connectivity index (χ4v) is 2.84. The highest BCUT2D eigenvalue weighted by atomic mass is 79.9. The van der Waals surface area contributed by atoms with Gasteiger partial charge < -0.3 is 5.11 Å². The summed E-state index contributed by atoms with van der Waals surface area (Å²) >= 11 is 4.22. The van der Waals surface area contributed by atoms with Gasteiger partial charge in [0.05, 0.1) is 5.56 Å². The fraction of sp³-hybridized carbons (Fsp3) is 0.0714. The largest absolute Gasteiger partial charge is 0.478 e. The van der Waals surface area contributed by atoms with E-state index in [9.17, 15) is 13.6 Å². The Morgan fingerprint density at radius 2 is 1.90 bits per heavy atom. The summed E-state index contributed by atoms with van der Waals surface area (Å²) in [6, 6.07) is 8.18. The van der Waals surface area contributed by atoms with E-state index in [-0.39, 0.29) is 22.0 Å². The normalized spacial score (nSPS) is 10.6. The number of thioether (sulfide) groups is 1. The van der Waals surface area contributed by atoms with Gasteiger partial charge in [-0.1, -0.05) is 22.0 Å². The molecule has 20 heavy (non-hydrogen) atoms. The second-order valence-electron chi connectivity index (χ2n) is 3.97. The number of hydrogen-bond donors (Lipinski definition) is 1. The van der Waals surface area contributed by atoms with E-state index in [0.717, 1.165) is 17.8 Å². The van der Waals surface area contributed by atoms with Gasteiger partial charge >= 0.3 is 5.97 Å². The zero-order valence-corrected chi connectivity index (χ0v) is 12.5. The van der Waals surface area contributed by atoms with Crippen molar-refractivity contribution in [2.45, 2.75) is 10.6 Å². The highest BCUT2D eigenvalue weighted by Crippen LogP contribution is 2.28. The molecule has 0 heterocycles. The molecule has 0 aromatic heterocycles. The van der Waals surface area contributed by atoms with Gasteiger partial charge in [0.2, 0.25) is 0 Å². The van der Waals surface area contributed by atoms with Gasteiger partial charge in [0.1, 0.15) is 11.6 Å². The van der Waals surface area contributed by atoms with Gasteiger partial charge in [-0.15, -0.1) is 11.8 Å². The fourth-order valence-electron chi connectivity index (χ4n) is 1.54. The van der Waals surface area contributed by atoms with Crippen molar-refractivity contribution in [3.63, 3.8) is 0 Å². The SMILES string of the molecule is O=C(O)c1ccc(F)c(SCc2ccc(Br)cc2F)c1. The van der Waals surface area contributed by atoms with Gasteiger partial charge in [-0.05, 0) is 35.9 Å². The second kappa shape index (κ2) is 6.37. The lowest BCUT2D eigenvalue weighted by Crippen LogP contribution is -1.97. The summed E-state index contributed by atoms with van der Waals surface area (Å²) < 4.78 is 27.8. The Labute approximate surface area is 126 Å². The third-order valence-corrected chi connectivity index (χ3v) is 4.15. The molecule has 104 valence electrons. The summed E-state index contributed by atoms with van der Waals surface area (Å²) in [7, 11) is 0. The summed E-state index contributed by atoms with van der Waals surface area (Å²) in [5.74, 6) is -1.81. The molecular weight excluding hydrogens is 350 g/mol. The first kappa shape index (κ1) is 15.0. The Morgan fingerprint density at radius 3 is 2.55 bits per heavy atom. The van der Waals surface area contributed by atoms with Crippen LogP contribution in [-0.4, -0.2) is 11.1 Å². The van der Waals surface area contributed by atoms with E-state index < -0.39 is 11.8 Å². The van der Waals surface area contributed by atoms with Crippen molar-refractivity contribution >= 4 is 33.7 Å². The molecule has 2 aromatic rings. The molecule has 0 saturated carbocycles. The summed E-state index contributed by atoms with van der Waals surface area (Å²) in [6.07, 6.45) is 0.